The van der Waals surface area contributed by atoms with Crippen molar-refractivity contribution in [1.82, 2.24) is 10.3 Å². The number of benzene rings is 1. The molecule has 2 aromatic heterocycles. The number of hydrogen-bond acceptors (Lipinski definition) is 7. The van der Waals surface area contributed by atoms with Crippen LogP contribution in [-0.2, 0) is 12.1 Å². The second kappa shape index (κ2) is 10.3. The fourth-order valence-electron chi connectivity index (χ4n) is 3.11. The molecular formula is C23H24F4N4O3S. The van der Waals surface area contributed by atoms with Gasteiger partial charge in [-0.25, -0.2) is 9.37 Å². The Bertz CT molecular complexity index is 1210. The van der Waals surface area contributed by atoms with Crippen LogP contribution in [0, 0.1) is 5.82 Å². The van der Waals surface area contributed by atoms with Crippen LogP contribution in [0.4, 0.5) is 28.4 Å². The van der Waals surface area contributed by atoms with Crippen molar-refractivity contribution in [2.45, 2.75) is 38.3 Å². The first-order valence-corrected chi connectivity index (χ1v) is 11.2. The SMILES string of the molecule is CC(C)(O)c1ccc(-c2cc(C(N)=O)c(Nc3cccc(CNCC(O)C(F)(F)F)n3)s2)c(F)c1. The van der Waals surface area contributed by atoms with Crippen molar-refractivity contribution < 1.29 is 32.6 Å². The Labute approximate surface area is 202 Å². The Morgan fingerprint density at radius 2 is 1.91 bits per heavy atom. The van der Waals surface area contributed by atoms with Crippen LogP contribution in [0.5, 0.6) is 0 Å². The second-order valence-electron chi connectivity index (χ2n) is 8.30. The van der Waals surface area contributed by atoms with Crippen molar-refractivity contribution in [2.24, 2.45) is 5.73 Å². The molecule has 1 unspecified atom stereocenters. The van der Waals surface area contributed by atoms with E-state index in [0.717, 1.165) is 11.3 Å². The number of thiophene rings is 1. The van der Waals surface area contributed by atoms with Gasteiger partial charge in [-0.05, 0) is 43.7 Å². The van der Waals surface area contributed by atoms with Gasteiger partial charge in [-0.2, -0.15) is 13.2 Å². The van der Waals surface area contributed by atoms with Gasteiger partial charge in [-0.15, -0.1) is 11.3 Å². The number of alkyl halides is 3. The van der Waals surface area contributed by atoms with Gasteiger partial charge in [0.1, 0.15) is 16.6 Å². The van der Waals surface area contributed by atoms with Gasteiger partial charge < -0.3 is 26.6 Å². The number of rotatable bonds is 9. The summed E-state index contributed by atoms with van der Waals surface area (Å²) in [6.07, 6.45) is -7.22. The summed E-state index contributed by atoms with van der Waals surface area (Å²) in [6, 6.07) is 10.5. The number of aliphatic hydroxyl groups is 2. The third-order valence-electron chi connectivity index (χ3n) is 5.01. The molecular weight excluding hydrogens is 488 g/mol. The summed E-state index contributed by atoms with van der Waals surface area (Å²) in [7, 11) is 0. The van der Waals surface area contributed by atoms with Crippen molar-refractivity contribution in [3.8, 4) is 10.4 Å². The van der Waals surface area contributed by atoms with Crippen molar-refractivity contribution in [1.29, 1.82) is 0 Å². The molecule has 1 amide bonds. The summed E-state index contributed by atoms with van der Waals surface area (Å²) >= 11 is 1.07. The van der Waals surface area contributed by atoms with Gasteiger partial charge in [0.2, 0.25) is 0 Å². The highest BCUT2D eigenvalue weighted by atomic mass is 32.1. The highest BCUT2D eigenvalue weighted by molar-refractivity contribution is 7.19. The Hall–Kier alpha value is -3.06. The van der Waals surface area contributed by atoms with Crippen LogP contribution in [-0.4, -0.2) is 39.9 Å². The van der Waals surface area contributed by atoms with Gasteiger partial charge in [-0.3, -0.25) is 4.79 Å². The largest absolute Gasteiger partial charge is 0.415 e. The van der Waals surface area contributed by atoms with Crippen LogP contribution in [0.1, 0.15) is 35.5 Å². The zero-order chi connectivity index (χ0) is 26.0. The van der Waals surface area contributed by atoms with Crippen LogP contribution in [0.3, 0.4) is 0 Å². The number of aromatic nitrogens is 1. The molecule has 1 atom stereocenters. The molecule has 2 heterocycles. The molecule has 0 saturated carbocycles. The van der Waals surface area contributed by atoms with E-state index in [1.54, 1.807) is 24.3 Å². The normalized spacial score (nSPS) is 13.0. The van der Waals surface area contributed by atoms with E-state index in [1.807, 2.05) is 0 Å². The molecule has 12 heteroatoms. The summed E-state index contributed by atoms with van der Waals surface area (Å²) in [5.74, 6) is -1.04. The molecule has 6 N–H and O–H groups in total. The molecule has 3 aromatic rings. The van der Waals surface area contributed by atoms with Crippen LogP contribution < -0.4 is 16.4 Å². The number of carbonyl (C=O) groups excluding carboxylic acids is 1. The summed E-state index contributed by atoms with van der Waals surface area (Å²) in [5.41, 5.74) is 5.36. The molecule has 0 aliphatic rings. The number of aliphatic hydroxyl groups excluding tert-OH is 1. The maximum atomic E-state index is 14.8. The number of hydrogen-bond donors (Lipinski definition) is 5. The van der Waals surface area contributed by atoms with Gasteiger partial charge >= 0.3 is 6.18 Å². The zero-order valence-electron chi connectivity index (χ0n) is 18.8. The average Bonchev–Trinajstić information content (AvgIpc) is 3.16. The lowest BCUT2D eigenvalue weighted by Crippen LogP contribution is -2.38. The third kappa shape index (κ3) is 6.75. The number of pyridine rings is 1. The van der Waals surface area contributed by atoms with E-state index in [1.165, 1.54) is 32.0 Å². The molecule has 0 fully saturated rings. The van der Waals surface area contributed by atoms with Crippen molar-refractivity contribution in [2.75, 3.05) is 11.9 Å². The zero-order valence-corrected chi connectivity index (χ0v) is 19.6. The van der Waals surface area contributed by atoms with E-state index in [4.69, 9.17) is 10.8 Å². The van der Waals surface area contributed by atoms with E-state index in [9.17, 15) is 27.5 Å². The molecule has 0 spiro atoms. The number of nitrogens with zero attached hydrogens (tertiary/aromatic N) is 1. The number of anilines is 2. The number of nitrogens with one attached hydrogen (secondary N) is 2. The maximum Gasteiger partial charge on any atom is 0.415 e. The minimum Gasteiger partial charge on any atom is -0.386 e. The lowest BCUT2D eigenvalue weighted by Gasteiger charge is -2.18. The summed E-state index contributed by atoms with van der Waals surface area (Å²) in [5, 5.41) is 24.9. The van der Waals surface area contributed by atoms with Crippen LogP contribution in [0.25, 0.3) is 10.4 Å². The number of carbonyl (C=O) groups is 1. The fourth-order valence-corrected chi connectivity index (χ4v) is 4.21. The standard InChI is InChI=1S/C23H24F4N4O3S/c1-22(2,34)12-6-7-14(16(24)8-12)17-9-15(20(28)33)21(35-17)31-19-5-3-4-13(30-19)10-29-11-18(32)23(25,26)27/h3-9,18,29,32,34H,10-11H2,1-2H3,(H2,28,33)(H,30,31). The van der Waals surface area contributed by atoms with Gasteiger partial charge in [0, 0.05) is 23.5 Å². The molecule has 0 aliphatic heterocycles. The van der Waals surface area contributed by atoms with Crippen molar-refractivity contribution >= 4 is 28.1 Å². The average molecular weight is 513 g/mol. The molecule has 3 rings (SSSR count). The van der Waals surface area contributed by atoms with Gasteiger partial charge in [0.05, 0.1) is 16.9 Å². The van der Waals surface area contributed by atoms with Gasteiger partial charge in [0.25, 0.3) is 5.91 Å². The van der Waals surface area contributed by atoms with Crippen molar-refractivity contribution in [3.63, 3.8) is 0 Å². The molecule has 0 aliphatic carbocycles. The fraction of sp³-hybridized carbons (Fsp3) is 0.304. The van der Waals surface area contributed by atoms with Crippen LogP contribution >= 0.6 is 11.3 Å². The van der Waals surface area contributed by atoms with E-state index in [2.05, 4.69) is 15.6 Å². The molecule has 1 aromatic carbocycles. The monoisotopic (exact) mass is 512 g/mol. The Morgan fingerprint density at radius 1 is 1.20 bits per heavy atom. The van der Waals surface area contributed by atoms with Crippen molar-refractivity contribution in [3.05, 3.63) is 65.1 Å². The minimum absolute atomic E-state index is 0.0419. The molecule has 0 bridgehead atoms. The molecule has 0 saturated heterocycles. The van der Waals surface area contributed by atoms with Gasteiger partial charge in [0.15, 0.2) is 6.10 Å². The third-order valence-corrected chi connectivity index (χ3v) is 6.09. The van der Waals surface area contributed by atoms with E-state index < -0.39 is 36.2 Å². The van der Waals surface area contributed by atoms with E-state index in [-0.39, 0.29) is 23.5 Å². The van der Waals surface area contributed by atoms with E-state index >= 15 is 0 Å². The molecule has 188 valence electrons. The number of nitrogens with two attached hydrogens (primary N) is 1. The lowest BCUT2D eigenvalue weighted by molar-refractivity contribution is -0.201. The first-order valence-electron chi connectivity index (χ1n) is 10.4. The Morgan fingerprint density at radius 3 is 2.51 bits per heavy atom. The Balaban J connectivity index is 1.80. The highest BCUT2D eigenvalue weighted by Crippen LogP contribution is 2.38. The first kappa shape index (κ1) is 26.5. The molecule has 35 heavy (non-hydrogen) atoms. The highest BCUT2D eigenvalue weighted by Gasteiger charge is 2.37. The predicted octanol–water partition coefficient (Wildman–Crippen LogP) is 4.03. The second-order valence-corrected chi connectivity index (χ2v) is 9.35. The summed E-state index contributed by atoms with van der Waals surface area (Å²) < 4.78 is 52.0. The smallest absolute Gasteiger partial charge is 0.386 e. The summed E-state index contributed by atoms with van der Waals surface area (Å²) in [4.78, 5) is 16.7. The lowest BCUT2D eigenvalue weighted by atomic mass is 9.96. The number of amides is 1. The Kier molecular flexibility index (Phi) is 7.80. The molecule has 0 radical (unpaired) electrons. The number of primary amides is 1. The topological polar surface area (TPSA) is 120 Å². The van der Waals surface area contributed by atoms with Gasteiger partial charge in [-0.1, -0.05) is 18.2 Å². The predicted molar refractivity (Wildman–Crippen MR) is 125 cm³/mol. The number of halogens is 4. The summed E-state index contributed by atoms with van der Waals surface area (Å²) in [6.45, 7) is 2.34. The molecule has 7 nitrogen and oxygen atoms in total. The van der Waals surface area contributed by atoms with E-state index in [0.29, 0.717) is 21.1 Å². The quantitative estimate of drug-likeness (QED) is 0.276. The maximum absolute atomic E-state index is 14.8. The first-order chi connectivity index (χ1) is 16.3. The minimum atomic E-state index is -4.72. The van der Waals surface area contributed by atoms with Crippen LogP contribution in [0.2, 0.25) is 0 Å². The van der Waals surface area contributed by atoms with Crippen LogP contribution in [0.15, 0.2) is 42.5 Å².